The summed E-state index contributed by atoms with van der Waals surface area (Å²) in [7, 11) is 0. The van der Waals surface area contributed by atoms with Crippen molar-refractivity contribution in [2.75, 3.05) is 0 Å². The van der Waals surface area contributed by atoms with Gasteiger partial charge in [-0.15, -0.1) is 0 Å². The van der Waals surface area contributed by atoms with E-state index in [2.05, 4.69) is 6.58 Å². The molecule has 27 heavy (non-hydrogen) atoms. The van der Waals surface area contributed by atoms with Crippen LogP contribution in [0.15, 0.2) is 42.5 Å². The standard InChI is InChI=1S/C21H22O6/c1-6-16(25)27-20(21(4,5)10-11(2)3)12-9-15(24)17-13(22)7-8-14(23)18(17)19(12)26/h6-10,20,24,26H,1H2,2-5H3/t20-/m1/s1. The highest BCUT2D eigenvalue weighted by Crippen LogP contribution is 2.46. The van der Waals surface area contributed by atoms with Gasteiger partial charge in [0.25, 0.3) is 0 Å². The molecule has 0 fully saturated rings. The van der Waals surface area contributed by atoms with Crippen LogP contribution in [0.4, 0.5) is 0 Å². The van der Waals surface area contributed by atoms with Crippen LogP contribution in [0.1, 0.15) is 60.1 Å². The minimum absolute atomic E-state index is 0.0281. The molecule has 6 nitrogen and oxygen atoms in total. The van der Waals surface area contributed by atoms with Gasteiger partial charge in [-0.05, 0) is 32.1 Å². The third-order valence-corrected chi connectivity index (χ3v) is 4.21. The van der Waals surface area contributed by atoms with E-state index < -0.39 is 40.6 Å². The van der Waals surface area contributed by atoms with Gasteiger partial charge >= 0.3 is 5.97 Å². The number of rotatable bonds is 5. The Kier molecular flexibility index (Phi) is 5.40. The predicted molar refractivity (Wildman–Crippen MR) is 99.8 cm³/mol. The fourth-order valence-electron chi connectivity index (χ4n) is 3.29. The maximum Gasteiger partial charge on any atom is 0.330 e. The molecule has 0 aromatic heterocycles. The van der Waals surface area contributed by atoms with Gasteiger partial charge in [0.15, 0.2) is 11.6 Å². The quantitative estimate of drug-likeness (QED) is 0.354. The van der Waals surface area contributed by atoms with Crippen LogP contribution in [0.3, 0.4) is 0 Å². The number of carbonyl (C=O) groups is 3. The molecule has 0 bridgehead atoms. The fourth-order valence-corrected chi connectivity index (χ4v) is 3.29. The third kappa shape index (κ3) is 3.84. The molecule has 0 unspecified atom stereocenters. The predicted octanol–water partition coefficient (Wildman–Crippen LogP) is 3.80. The maximum absolute atomic E-state index is 12.2. The molecule has 1 aliphatic carbocycles. The van der Waals surface area contributed by atoms with E-state index in [4.69, 9.17) is 4.74 Å². The van der Waals surface area contributed by atoms with Crippen molar-refractivity contribution in [2.24, 2.45) is 5.41 Å². The van der Waals surface area contributed by atoms with E-state index in [9.17, 15) is 24.6 Å². The number of ketones is 2. The first kappa shape index (κ1) is 20.2. The number of phenols is 2. The molecule has 0 spiro atoms. The Morgan fingerprint density at radius 2 is 1.70 bits per heavy atom. The van der Waals surface area contributed by atoms with E-state index in [1.54, 1.807) is 13.8 Å². The average Bonchev–Trinajstić information content (AvgIpc) is 2.56. The lowest BCUT2D eigenvalue weighted by Gasteiger charge is -2.33. The third-order valence-electron chi connectivity index (χ3n) is 4.21. The molecule has 1 aromatic rings. The van der Waals surface area contributed by atoms with Crippen LogP contribution >= 0.6 is 0 Å². The fraction of sp³-hybridized carbons (Fsp3) is 0.286. The van der Waals surface area contributed by atoms with E-state index in [1.807, 2.05) is 19.9 Å². The monoisotopic (exact) mass is 370 g/mol. The number of esters is 1. The smallest absolute Gasteiger partial charge is 0.330 e. The van der Waals surface area contributed by atoms with Crippen molar-refractivity contribution in [1.82, 2.24) is 0 Å². The Morgan fingerprint density at radius 3 is 2.22 bits per heavy atom. The molecule has 0 radical (unpaired) electrons. The van der Waals surface area contributed by atoms with E-state index in [0.717, 1.165) is 29.9 Å². The molecule has 0 amide bonds. The largest absolute Gasteiger partial charge is 0.507 e. The Bertz CT molecular complexity index is 898. The molecule has 0 saturated heterocycles. The van der Waals surface area contributed by atoms with Crippen molar-refractivity contribution < 1.29 is 29.3 Å². The second-order valence-electron chi connectivity index (χ2n) is 7.21. The van der Waals surface area contributed by atoms with Crippen molar-refractivity contribution in [3.63, 3.8) is 0 Å². The number of carbonyl (C=O) groups excluding carboxylic acids is 3. The molecule has 142 valence electrons. The summed E-state index contributed by atoms with van der Waals surface area (Å²) in [5.41, 5.74) is -0.397. The van der Waals surface area contributed by atoms with Crippen LogP contribution in [0.2, 0.25) is 0 Å². The summed E-state index contributed by atoms with van der Waals surface area (Å²) in [4.78, 5) is 36.2. The number of fused-ring (bicyclic) bond motifs is 1. The molecule has 0 aliphatic heterocycles. The Labute approximate surface area is 157 Å². The van der Waals surface area contributed by atoms with Gasteiger partial charge in [0.05, 0.1) is 11.1 Å². The van der Waals surface area contributed by atoms with Crippen LogP contribution in [0.25, 0.3) is 0 Å². The summed E-state index contributed by atoms with van der Waals surface area (Å²) in [6.45, 7) is 10.7. The van der Waals surface area contributed by atoms with Gasteiger partial charge in [0.2, 0.25) is 0 Å². The van der Waals surface area contributed by atoms with Crippen LogP contribution in [-0.4, -0.2) is 27.7 Å². The Balaban J connectivity index is 2.76. The molecule has 1 aliphatic rings. The maximum atomic E-state index is 12.2. The zero-order valence-electron chi connectivity index (χ0n) is 15.7. The first-order valence-corrected chi connectivity index (χ1v) is 8.34. The van der Waals surface area contributed by atoms with Gasteiger partial charge in [-0.3, -0.25) is 9.59 Å². The molecule has 2 rings (SSSR count). The average molecular weight is 370 g/mol. The number of phenolic OH excluding ortho intramolecular Hbond substituents is 2. The molecular formula is C21H22O6. The lowest BCUT2D eigenvalue weighted by atomic mass is 9.79. The van der Waals surface area contributed by atoms with Gasteiger partial charge in [0, 0.05) is 17.1 Å². The number of allylic oxidation sites excluding steroid dienone is 3. The first-order chi connectivity index (χ1) is 12.5. The SMILES string of the molecule is C=CC(=O)O[C@H](c1cc(O)c2c(c1O)C(=O)C=CC2=O)C(C)(C)C=C(C)C. The van der Waals surface area contributed by atoms with Gasteiger partial charge in [0.1, 0.15) is 17.6 Å². The van der Waals surface area contributed by atoms with E-state index in [1.165, 1.54) is 0 Å². The molecular weight excluding hydrogens is 348 g/mol. The second kappa shape index (κ2) is 7.23. The normalized spacial score (nSPS) is 14.4. The van der Waals surface area contributed by atoms with Crippen LogP contribution < -0.4 is 0 Å². The zero-order chi connectivity index (χ0) is 20.5. The van der Waals surface area contributed by atoms with Gasteiger partial charge < -0.3 is 14.9 Å². The van der Waals surface area contributed by atoms with Gasteiger partial charge in [-0.25, -0.2) is 4.79 Å². The Morgan fingerprint density at radius 1 is 1.15 bits per heavy atom. The number of aromatic hydroxyl groups is 2. The molecule has 0 saturated carbocycles. The van der Waals surface area contributed by atoms with E-state index >= 15 is 0 Å². The number of benzene rings is 1. The van der Waals surface area contributed by atoms with Gasteiger partial charge in [-0.1, -0.05) is 32.1 Å². The Hall–Kier alpha value is -3.15. The van der Waals surface area contributed by atoms with Crippen LogP contribution in [-0.2, 0) is 9.53 Å². The van der Waals surface area contributed by atoms with E-state index in [0.29, 0.717) is 0 Å². The molecule has 1 atom stereocenters. The zero-order valence-corrected chi connectivity index (χ0v) is 15.7. The summed E-state index contributed by atoms with van der Waals surface area (Å²) >= 11 is 0. The van der Waals surface area contributed by atoms with Crippen molar-refractivity contribution in [1.29, 1.82) is 0 Å². The van der Waals surface area contributed by atoms with Gasteiger partial charge in [-0.2, -0.15) is 0 Å². The summed E-state index contributed by atoms with van der Waals surface area (Å²) in [5.74, 6) is -2.90. The minimum atomic E-state index is -1.04. The van der Waals surface area contributed by atoms with E-state index in [-0.39, 0.29) is 16.7 Å². The summed E-state index contributed by atoms with van der Waals surface area (Å²) < 4.78 is 5.45. The lowest BCUT2D eigenvalue weighted by Crippen LogP contribution is -2.26. The summed E-state index contributed by atoms with van der Waals surface area (Å²) in [6.07, 6.45) is 3.85. The van der Waals surface area contributed by atoms with Crippen LogP contribution in [0.5, 0.6) is 11.5 Å². The lowest BCUT2D eigenvalue weighted by molar-refractivity contribution is -0.148. The second-order valence-corrected chi connectivity index (χ2v) is 7.21. The highest BCUT2D eigenvalue weighted by atomic mass is 16.5. The first-order valence-electron chi connectivity index (χ1n) is 8.34. The molecule has 2 N–H and O–H groups in total. The molecule has 1 aromatic carbocycles. The van der Waals surface area contributed by atoms with Crippen molar-refractivity contribution in [3.05, 3.63) is 59.2 Å². The number of ether oxygens (including phenoxy) is 1. The highest BCUT2D eigenvalue weighted by molar-refractivity contribution is 6.24. The number of hydrogen-bond acceptors (Lipinski definition) is 6. The summed E-state index contributed by atoms with van der Waals surface area (Å²) in [6, 6.07) is 1.15. The summed E-state index contributed by atoms with van der Waals surface area (Å²) in [5, 5.41) is 21.1. The van der Waals surface area contributed by atoms with Crippen molar-refractivity contribution in [2.45, 2.75) is 33.8 Å². The molecule has 0 heterocycles. The molecule has 6 heteroatoms. The van der Waals surface area contributed by atoms with Crippen molar-refractivity contribution in [3.8, 4) is 11.5 Å². The van der Waals surface area contributed by atoms with Crippen LogP contribution in [0, 0.1) is 5.41 Å². The minimum Gasteiger partial charge on any atom is -0.507 e. The highest BCUT2D eigenvalue weighted by Gasteiger charge is 2.38. The number of hydrogen-bond donors (Lipinski definition) is 2. The van der Waals surface area contributed by atoms with Crippen molar-refractivity contribution >= 4 is 17.5 Å². The topological polar surface area (TPSA) is 101 Å².